The first-order chi connectivity index (χ1) is 14.5. The smallest absolute Gasteiger partial charge is 0.257 e. The van der Waals surface area contributed by atoms with Gasteiger partial charge in [0.1, 0.15) is 6.26 Å². The van der Waals surface area contributed by atoms with Gasteiger partial charge in [0.25, 0.3) is 5.91 Å². The van der Waals surface area contributed by atoms with Gasteiger partial charge in [0.2, 0.25) is 11.8 Å². The maximum atomic E-state index is 13.1. The van der Waals surface area contributed by atoms with E-state index in [9.17, 15) is 14.4 Å². The van der Waals surface area contributed by atoms with Gasteiger partial charge < -0.3 is 19.1 Å². The average Bonchev–Trinajstić information content (AvgIpc) is 3.21. The van der Waals surface area contributed by atoms with Gasteiger partial charge in [0.15, 0.2) is 0 Å². The molecule has 0 unspecified atom stereocenters. The topological polar surface area (TPSA) is 77.3 Å². The molecular formula is C22H34N4O4. The molecule has 3 amide bonds. The van der Waals surface area contributed by atoms with E-state index in [1.54, 1.807) is 11.0 Å². The van der Waals surface area contributed by atoms with E-state index in [0.717, 1.165) is 39.1 Å². The predicted molar refractivity (Wildman–Crippen MR) is 113 cm³/mol. The van der Waals surface area contributed by atoms with E-state index in [-0.39, 0.29) is 23.6 Å². The molecule has 3 heterocycles. The highest BCUT2D eigenvalue weighted by atomic mass is 16.3. The molecule has 2 aliphatic heterocycles. The molecule has 0 saturated carbocycles. The van der Waals surface area contributed by atoms with Gasteiger partial charge in [-0.25, -0.2) is 0 Å². The molecule has 2 fully saturated rings. The van der Waals surface area contributed by atoms with Crippen molar-refractivity contribution < 1.29 is 18.8 Å². The Morgan fingerprint density at radius 2 is 1.73 bits per heavy atom. The molecule has 2 saturated heterocycles. The predicted octanol–water partition coefficient (Wildman–Crippen LogP) is 1.53. The van der Waals surface area contributed by atoms with E-state index < -0.39 is 0 Å². The summed E-state index contributed by atoms with van der Waals surface area (Å²) in [5, 5.41) is 0. The van der Waals surface area contributed by atoms with Gasteiger partial charge in [-0.3, -0.25) is 19.3 Å². The number of likely N-dealkylation sites (N-methyl/N-ethyl adjacent to an activating group) is 1. The Morgan fingerprint density at radius 3 is 2.37 bits per heavy atom. The minimum Gasteiger partial charge on any atom is -0.472 e. The van der Waals surface area contributed by atoms with E-state index in [0.29, 0.717) is 44.6 Å². The maximum Gasteiger partial charge on any atom is 0.257 e. The zero-order valence-electron chi connectivity index (χ0n) is 18.2. The van der Waals surface area contributed by atoms with Crippen molar-refractivity contribution in [2.45, 2.75) is 33.1 Å². The van der Waals surface area contributed by atoms with Gasteiger partial charge in [-0.05, 0) is 39.2 Å². The van der Waals surface area contributed by atoms with Gasteiger partial charge in [0.05, 0.1) is 18.4 Å². The molecule has 8 nitrogen and oxygen atoms in total. The summed E-state index contributed by atoms with van der Waals surface area (Å²) in [4.78, 5) is 45.7. The standard InChI is InChI=1S/C22H34N4O4/c1-3-24(4-2)20(27)16-23-9-5-10-25(14-13-23)21(28)18-6-11-26(12-7-18)22(29)19-8-15-30-17-19/h8,15,17-18H,3-7,9-14,16H2,1-2H3. The monoisotopic (exact) mass is 418 g/mol. The van der Waals surface area contributed by atoms with Crippen LogP contribution in [-0.4, -0.2) is 96.2 Å². The Kier molecular flexibility index (Phi) is 7.90. The molecule has 0 bridgehead atoms. The van der Waals surface area contributed by atoms with Crippen LogP contribution in [0.3, 0.4) is 0 Å². The van der Waals surface area contributed by atoms with Gasteiger partial charge in [0, 0.05) is 58.3 Å². The summed E-state index contributed by atoms with van der Waals surface area (Å²) in [6, 6.07) is 1.67. The van der Waals surface area contributed by atoms with Crippen LogP contribution < -0.4 is 0 Å². The maximum absolute atomic E-state index is 13.1. The first kappa shape index (κ1) is 22.3. The van der Waals surface area contributed by atoms with Crippen molar-refractivity contribution >= 4 is 17.7 Å². The highest BCUT2D eigenvalue weighted by Gasteiger charge is 2.31. The van der Waals surface area contributed by atoms with Crippen LogP contribution in [0.25, 0.3) is 0 Å². The molecule has 0 aliphatic carbocycles. The van der Waals surface area contributed by atoms with Gasteiger partial charge in [-0.2, -0.15) is 0 Å². The number of hydrogen-bond donors (Lipinski definition) is 0. The second kappa shape index (κ2) is 10.6. The lowest BCUT2D eigenvalue weighted by molar-refractivity contribution is -0.136. The van der Waals surface area contributed by atoms with Crippen LogP contribution in [0.15, 0.2) is 23.0 Å². The van der Waals surface area contributed by atoms with E-state index >= 15 is 0 Å². The van der Waals surface area contributed by atoms with Crippen molar-refractivity contribution in [3.8, 4) is 0 Å². The summed E-state index contributed by atoms with van der Waals surface area (Å²) in [6.45, 7) is 10.1. The van der Waals surface area contributed by atoms with Crippen molar-refractivity contribution in [2.75, 3.05) is 58.9 Å². The van der Waals surface area contributed by atoms with Crippen molar-refractivity contribution in [2.24, 2.45) is 5.92 Å². The Hall–Kier alpha value is -2.35. The lowest BCUT2D eigenvalue weighted by Crippen LogP contribution is -2.45. The van der Waals surface area contributed by atoms with Crippen LogP contribution in [-0.2, 0) is 9.59 Å². The van der Waals surface area contributed by atoms with Gasteiger partial charge >= 0.3 is 0 Å². The number of hydrogen-bond acceptors (Lipinski definition) is 5. The highest BCUT2D eigenvalue weighted by molar-refractivity contribution is 5.94. The summed E-state index contributed by atoms with van der Waals surface area (Å²) in [6.07, 6.45) is 5.25. The molecule has 0 aromatic carbocycles. The number of nitrogens with zero attached hydrogens (tertiary/aromatic N) is 4. The highest BCUT2D eigenvalue weighted by Crippen LogP contribution is 2.22. The van der Waals surface area contributed by atoms with Crippen LogP contribution in [0, 0.1) is 5.92 Å². The summed E-state index contributed by atoms with van der Waals surface area (Å²) in [7, 11) is 0. The fourth-order valence-electron chi connectivity index (χ4n) is 4.37. The Bertz CT molecular complexity index is 709. The summed E-state index contributed by atoms with van der Waals surface area (Å²) < 4.78 is 5.00. The zero-order valence-corrected chi connectivity index (χ0v) is 18.2. The Labute approximate surface area is 178 Å². The van der Waals surface area contributed by atoms with Crippen LogP contribution in [0.2, 0.25) is 0 Å². The fraction of sp³-hybridized carbons (Fsp3) is 0.682. The average molecular weight is 419 g/mol. The molecule has 0 atom stereocenters. The Morgan fingerprint density at radius 1 is 1.00 bits per heavy atom. The molecule has 2 aliphatic rings. The molecule has 166 valence electrons. The van der Waals surface area contributed by atoms with Crippen molar-refractivity contribution in [1.82, 2.24) is 19.6 Å². The molecule has 0 N–H and O–H groups in total. The fourth-order valence-corrected chi connectivity index (χ4v) is 4.37. The lowest BCUT2D eigenvalue weighted by Gasteiger charge is -2.34. The number of carbonyl (C=O) groups is 3. The van der Waals surface area contributed by atoms with Crippen LogP contribution in [0.5, 0.6) is 0 Å². The van der Waals surface area contributed by atoms with Crippen LogP contribution in [0.1, 0.15) is 43.5 Å². The lowest BCUT2D eigenvalue weighted by atomic mass is 9.94. The molecule has 0 radical (unpaired) electrons. The molecule has 1 aromatic rings. The molecule has 1 aromatic heterocycles. The second-order valence-electron chi connectivity index (χ2n) is 8.10. The minimum absolute atomic E-state index is 0.0257. The number of carbonyl (C=O) groups excluding carboxylic acids is 3. The molecule has 30 heavy (non-hydrogen) atoms. The van der Waals surface area contributed by atoms with E-state index in [2.05, 4.69) is 4.90 Å². The molecule has 3 rings (SSSR count). The number of likely N-dealkylation sites (tertiary alicyclic amines) is 1. The molecule has 0 spiro atoms. The van der Waals surface area contributed by atoms with Crippen molar-refractivity contribution in [3.63, 3.8) is 0 Å². The number of furan rings is 1. The summed E-state index contributed by atoms with van der Waals surface area (Å²) in [5.74, 6) is 0.303. The number of piperidine rings is 1. The largest absolute Gasteiger partial charge is 0.472 e. The summed E-state index contributed by atoms with van der Waals surface area (Å²) >= 11 is 0. The third-order valence-electron chi connectivity index (χ3n) is 6.27. The quantitative estimate of drug-likeness (QED) is 0.700. The van der Waals surface area contributed by atoms with Gasteiger partial charge in [-0.15, -0.1) is 0 Å². The Balaban J connectivity index is 1.46. The van der Waals surface area contributed by atoms with Crippen molar-refractivity contribution in [3.05, 3.63) is 24.2 Å². The number of amides is 3. The van der Waals surface area contributed by atoms with E-state index in [1.807, 2.05) is 23.6 Å². The zero-order chi connectivity index (χ0) is 21.5. The van der Waals surface area contributed by atoms with E-state index in [1.165, 1.54) is 12.5 Å². The van der Waals surface area contributed by atoms with E-state index in [4.69, 9.17) is 4.42 Å². The minimum atomic E-state index is -0.0297. The first-order valence-electron chi connectivity index (χ1n) is 11.1. The molecule has 8 heteroatoms. The van der Waals surface area contributed by atoms with Crippen LogP contribution in [0.4, 0.5) is 0 Å². The van der Waals surface area contributed by atoms with Crippen LogP contribution >= 0.6 is 0 Å². The third kappa shape index (κ3) is 5.41. The summed E-state index contributed by atoms with van der Waals surface area (Å²) in [5.41, 5.74) is 0.562. The molecular weight excluding hydrogens is 384 g/mol. The SMILES string of the molecule is CCN(CC)C(=O)CN1CCCN(C(=O)C2CCN(C(=O)c3ccoc3)CC2)CC1. The third-order valence-corrected chi connectivity index (χ3v) is 6.27. The second-order valence-corrected chi connectivity index (χ2v) is 8.10. The first-order valence-corrected chi connectivity index (χ1v) is 11.1. The number of rotatable bonds is 6. The normalized spacial score (nSPS) is 18.9. The van der Waals surface area contributed by atoms with Gasteiger partial charge in [-0.1, -0.05) is 0 Å². The van der Waals surface area contributed by atoms with Crippen molar-refractivity contribution in [1.29, 1.82) is 0 Å².